The maximum absolute atomic E-state index is 12.8. The number of Topliss-reactive ketones (excluding diaryl/α,β-unsaturated/α-hetero) is 1. The first kappa shape index (κ1) is 29.3. The summed E-state index contributed by atoms with van der Waals surface area (Å²) in [4.78, 5) is 41.2. The normalized spacial score (nSPS) is 11.7. The molecule has 0 bridgehead atoms. The number of phenolic OH excluding ortho intramolecular Hbond substituents is 1. The number of amides is 1. The van der Waals surface area contributed by atoms with Crippen molar-refractivity contribution in [1.82, 2.24) is 15.6 Å². The van der Waals surface area contributed by atoms with Gasteiger partial charge in [-0.1, -0.05) is 11.6 Å². The van der Waals surface area contributed by atoms with Crippen molar-refractivity contribution in [2.45, 2.75) is 71.4 Å². The van der Waals surface area contributed by atoms with Gasteiger partial charge in [0.25, 0.3) is 5.91 Å². The van der Waals surface area contributed by atoms with E-state index in [4.69, 9.17) is 16.3 Å². The van der Waals surface area contributed by atoms with Gasteiger partial charge >= 0.3 is 5.97 Å². The van der Waals surface area contributed by atoms with E-state index in [9.17, 15) is 19.5 Å². The van der Waals surface area contributed by atoms with Crippen LogP contribution in [0.25, 0.3) is 0 Å². The van der Waals surface area contributed by atoms with Gasteiger partial charge in [0.1, 0.15) is 22.8 Å². The topological polar surface area (TPSA) is 118 Å². The maximum atomic E-state index is 12.8. The number of ketones is 1. The molecule has 0 radical (unpaired) electrons. The van der Waals surface area contributed by atoms with Gasteiger partial charge in [0.05, 0.1) is 6.42 Å². The van der Waals surface area contributed by atoms with Crippen molar-refractivity contribution < 1.29 is 24.2 Å². The monoisotopic (exact) mass is 517 g/mol. The van der Waals surface area contributed by atoms with Gasteiger partial charge in [0, 0.05) is 41.7 Å². The van der Waals surface area contributed by atoms with Crippen LogP contribution < -0.4 is 10.6 Å². The van der Waals surface area contributed by atoms with E-state index >= 15 is 0 Å². The first-order valence-corrected chi connectivity index (χ1v) is 12.3. The minimum atomic E-state index is -0.520. The number of pyridine rings is 1. The van der Waals surface area contributed by atoms with Crippen LogP contribution in [-0.4, -0.2) is 52.0 Å². The largest absolute Gasteiger partial charge is 0.508 e. The van der Waals surface area contributed by atoms with Gasteiger partial charge in [0.15, 0.2) is 0 Å². The first-order valence-electron chi connectivity index (χ1n) is 11.9. The molecule has 0 spiro atoms. The van der Waals surface area contributed by atoms with Gasteiger partial charge in [0.2, 0.25) is 0 Å². The number of ether oxygens (including phenoxy) is 1. The summed E-state index contributed by atoms with van der Waals surface area (Å²) in [5.74, 6) is -0.695. The molecule has 0 aliphatic rings. The molecule has 36 heavy (non-hydrogen) atoms. The molecule has 0 fully saturated rings. The van der Waals surface area contributed by atoms with Crippen molar-refractivity contribution in [2.24, 2.45) is 0 Å². The summed E-state index contributed by atoms with van der Waals surface area (Å²) < 4.78 is 5.28. The average molecular weight is 518 g/mol. The van der Waals surface area contributed by atoms with Crippen LogP contribution in [0.5, 0.6) is 5.75 Å². The second kappa shape index (κ2) is 12.8. The Labute approximate surface area is 217 Å². The molecule has 0 unspecified atom stereocenters. The van der Waals surface area contributed by atoms with Gasteiger partial charge in [-0.2, -0.15) is 0 Å². The van der Waals surface area contributed by atoms with Gasteiger partial charge in [-0.3, -0.25) is 19.4 Å². The Hall–Kier alpha value is -2.97. The van der Waals surface area contributed by atoms with Gasteiger partial charge in [-0.05, 0) is 83.5 Å². The van der Waals surface area contributed by atoms with E-state index in [0.717, 1.165) is 0 Å². The van der Waals surface area contributed by atoms with E-state index in [1.54, 1.807) is 24.3 Å². The Morgan fingerprint density at radius 2 is 1.75 bits per heavy atom. The molecule has 8 nitrogen and oxygen atoms in total. The van der Waals surface area contributed by atoms with E-state index in [2.05, 4.69) is 15.6 Å². The number of nitrogens with zero attached hydrogens (tertiary/aromatic N) is 1. The van der Waals surface area contributed by atoms with Crippen LogP contribution in [0.3, 0.4) is 0 Å². The fraction of sp³-hybridized carbons (Fsp3) is 0.481. The minimum Gasteiger partial charge on any atom is -0.508 e. The molecular weight excluding hydrogens is 482 g/mol. The number of carbonyl (C=O) groups excluding carboxylic acids is 3. The fourth-order valence-electron chi connectivity index (χ4n) is 3.45. The molecule has 0 aliphatic carbocycles. The van der Waals surface area contributed by atoms with Crippen molar-refractivity contribution in [1.29, 1.82) is 0 Å². The van der Waals surface area contributed by atoms with Gasteiger partial charge in [-0.25, -0.2) is 0 Å². The predicted octanol–water partition coefficient (Wildman–Crippen LogP) is 4.01. The number of carbonyl (C=O) groups is 3. The van der Waals surface area contributed by atoms with E-state index < -0.39 is 11.1 Å². The number of benzene rings is 1. The Kier molecular flexibility index (Phi) is 10.4. The second-order valence-electron chi connectivity index (χ2n) is 10.4. The van der Waals surface area contributed by atoms with E-state index in [0.29, 0.717) is 35.7 Å². The van der Waals surface area contributed by atoms with Crippen LogP contribution in [0.2, 0.25) is 5.02 Å². The van der Waals surface area contributed by atoms with E-state index in [1.807, 2.05) is 34.6 Å². The zero-order chi connectivity index (χ0) is 26.9. The number of esters is 1. The van der Waals surface area contributed by atoms with Crippen molar-refractivity contribution in [3.63, 3.8) is 0 Å². The number of hydrogen-bond acceptors (Lipinski definition) is 7. The molecule has 196 valence electrons. The summed E-state index contributed by atoms with van der Waals surface area (Å²) in [6.45, 7) is 10.4. The number of halogens is 1. The molecular formula is C27H36ClN3O5. The summed E-state index contributed by atoms with van der Waals surface area (Å²) in [5, 5.41) is 16.5. The number of phenols is 1. The summed E-state index contributed by atoms with van der Waals surface area (Å²) in [6, 6.07) is 7.86. The number of aromatic nitrogens is 1. The SMILES string of the molecule is CC(C)(CCNCCC(=O)OC(C)(C)C)NC(=O)c1cc(CC(=O)Cc2cc(Cl)ccc2O)ccn1. The second-order valence-corrected chi connectivity index (χ2v) is 10.8. The average Bonchev–Trinajstić information content (AvgIpc) is 2.74. The zero-order valence-electron chi connectivity index (χ0n) is 21.6. The lowest BCUT2D eigenvalue weighted by atomic mass is 9.99. The summed E-state index contributed by atoms with van der Waals surface area (Å²) >= 11 is 5.95. The molecule has 3 N–H and O–H groups in total. The number of hydrogen-bond donors (Lipinski definition) is 3. The fourth-order valence-corrected chi connectivity index (χ4v) is 3.64. The highest BCUT2D eigenvalue weighted by Gasteiger charge is 2.22. The highest BCUT2D eigenvalue weighted by molar-refractivity contribution is 6.30. The highest BCUT2D eigenvalue weighted by Crippen LogP contribution is 2.22. The van der Waals surface area contributed by atoms with Crippen molar-refractivity contribution in [2.75, 3.05) is 13.1 Å². The van der Waals surface area contributed by atoms with Crippen molar-refractivity contribution >= 4 is 29.3 Å². The van der Waals surface area contributed by atoms with Crippen molar-refractivity contribution in [3.8, 4) is 5.75 Å². The molecule has 0 aliphatic heterocycles. The molecule has 2 rings (SSSR count). The maximum Gasteiger partial charge on any atom is 0.307 e. The molecule has 0 saturated carbocycles. The summed E-state index contributed by atoms with van der Waals surface area (Å²) in [6.07, 6.45) is 2.54. The number of nitrogens with one attached hydrogen (secondary N) is 2. The molecule has 1 heterocycles. The quantitative estimate of drug-likeness (QED) is 0.287. The minimum absolute atomic E-state index is 0.0177. The lowest BCUT2D eigenvalue weighted by Gasteiger charge is -2.26. The predicted molar refractivity (Wildman–Crippen MR) is 139 cm³/mol. The standard InChI is InChI=1S/C27H36ClN3O5/c1-26(2,3)36-24(34)9-11-29-13-10-27(4,5)31-25(35)22-15-18(8-12-30-22)14-21(32)17-19-16-20(28)6-7-23(19)33/h6-8,12,15-16,29,33H,9-11,13-14,17H2,1-5H3,(H,31,35). The molecule has 1 amide bonds. The number of aromatic hydroxyl groups is 1. The molecule has 9 heteroatoms. The van der Waals surface area contributed by atoms with Crippen LogP contribution in [0.4, 0.5) is 0 Å². The molecule has 0 atom stereocenters. The Morgan fingerprint density at radius 1 is 1.03 bits per heavy atom. The molecule has 1 aromatic carbocycles. The lowest BCUT2D eigenvalue weighted by molar-refractivity contribution is -0.154. The van der Waals surface area contributed by atoms with Gasteiger partial charge < -0.3 is 20.5 Å². The lowest BCUT2D eigenvalue weighted by Crippen LogP contribution is -2.45. The van der Waals surface area contributed by atoms with Crippen LogP contribution in [0.1, 0.15) is 69.1 Å². The van der Waals surface area contributed by atoms with E-state index in [-0.39, 0.29) is 48.4 Å². The third kappa shape index (κ3) is 10.7. The first-order chi connectivity index (χ1) is 16.7. The smallest absolute Gasteiger partial charge is 0.307 e. The third-order valence-electron chi connectivity index (χ3n) is 5.19. The Balaban J connectivity index is 1.83. The van der Waals surface area contributed by atoms with Crippen molar-refractivity contribution in [3.05, 3.63) is 58.4 Å². The Bertz CT molecular complexity index is 1080. The highest BCUT2D eigenvalue weighted by atomic mass is 35.5. The van der Waals surface area contributed by atoms with Gasteiger partial charge in [-0.15, -0.1) is 0 Å². The van der Waals surface area contributed by atoms with Crippen LogP contribution in [0.15, 0.2) is 36.5 Å². The third-order valence-corrected chi connectivity index (χ3v) is 5.43. The summed E-state index contributed by atoms with van der Waals surface area (Å²) in [5.41, 5.74) is 0.315. The molecule has 1 aromatic heterocycles. The van der Waals surface area contributed by atoms with Crippen LogP contribution in [-0.2, 0) is 27.2 Å². The molecule has 0 saturated heterocycles. The van der Waals surface area contributed by atoms with E-state index in [1.165, 1.54) is 12.3 Å². The number of rotatable bonds is 12. The Morgan fingerprint density at radius 3 is 2.44 bits per heavy atom. The van der Waals surface area contributed by atoms with Crippen LogP contribution in [0, 0.1) is 0 Å². The zero-order valence-corrected chi connectivity index (χ0v) is 22.4. The summed E-state index contributed by atoms with van der Waals surface area (Å²) in [7, 11) is 0. The van der Waals surface area contributed by atoms with Crippen LogP contribution >= 0.6 is 11.6 Å². The molecule has 2 aromatic rings.